The van der Waals surface area contributed by atoms with Crippen LogP contribution in [0.15, 0.2) is 46.6 Å². The molecule has 112 valence electrons. The third kappa shape index (κ3) is 5.21. The van der Waals surface area contributed by atoms with Crippen molar-refractivity contribution in [3.63, 3.8) is 0 Å². The van der Waals surface area contributed by atoms with Gasteiger partial charge in [0.25, 0.3) is 0 Å². The molecule has 0 bridgehead atoms. The topological polar surface area (TPSA) is 62.5 Å². The highest BCUT2D eigenvalue weighted by atomic mass is 32.1. The SMILES string of the molecule is O=C(C=Cc1ccoc1)NCCC(CCO)c1cccs1. The van der Waals surface area contributed by atoms with Gasteiger partial charge in [-0.3, -0.25) is 4.79 Å². The number of hydrogen-bond acceptors (Lipinski definition) is 4. The predicted octanol–water partition coefficient (Wildman–Crippen LogP) is 3.03. The van der Waals surface area contributed by atoms with Crippen molar-refractivity contribution in [2.45, 2.75) is 18.8 Å². The van der Waals surface area contributed by atoms with Gasteiger partial charge in [-0.2, -0.15) is 0 Å². The van der Waals surface area contributed by atoms with Gasteiger partial charge in [-0.1, -0.05) is 6.07 Å². The van der Waals surface area contributed by atoms with Gasteiger partial charge >= 0.3 is 0 Å². The van der Waals surface area contributed by atoms with Gasteiger partial charge in [-0.15, -0.1) is 11.3 Å². The van der Waals surface area contributed by atoms with Gasteiger partial charge in [-0.25, -0.2) is 0 Å². The Kier molecular flexibility index (Phi) is 6.24. The first kappa shape index (κ1) is 15.5. The van der Waals surface area contributed by atoms with Crippen LogP contribution < -0.4 is 5.32 Å². The fourth-order valence-electron chi connectivity index (χ4n) is 2.08. The highest BCUT2D eigenvalue weighted by Crippen LogP contribution is 2.26. The minimum Gasteiger partial charge on any atom is -0.472 e. The summed E-state index contributed by atoms with van der Waals surface area (Å²) in [5.41, 5.74) is 0.863. The predicted molar refractivity (Wildman–Crippen MR) is 84.1 cm³/mol. The van der Waals surface area contributed by atoms with Crippen LogP contribution in [0.1, 0.15) is 29.2 Å². The molecule has 1 amide bonds. The molecule has 1 unspecified atom stereocenters. The monoisotopic (exact) mass is 305 g/mol. The summed E-state index contributed by atoms with van der Waals surface area (Å²) >= 11 is 1.69. The van der Waals surface area contributed by atoms with E-state index in [2.05, 4.69) is 11.4 Å². The lowest BCUT2D eigenvalue weighted by molar-refractivity contribution is -0.116. The number of aliphatic hydroxyl groups excluding tert-OH is 1. The zero-order valence-electron chi connectivity index (χ0n) is 11.7. The smallest absolute Gasteiger partial charge is 0.244 e. The van der Waals surface area contributed by atoms with E-state index in [4.69, 9.17) is 9.52 Å². The number of carbonyl (C=O) groups excluding carboxylic acids is 1. The summed E-state index contributed by atoms with van der Waals surface area (Å²) in [6.07, 6.45) is 7.91. The van der Waals surface area contributed by atoms with Crippen molar-refractivity contribution in [2.24, 2.45) is 0 Å². The van der Waals surface area contributed by atoms with Crippen molar-refractivity contribution >= 4 is 23.3 Å². The normalized spacial score (nSPS) is 12.6. The Bertz CT molecular complexity index is 546. The minimum absolute atomic E-state index is 0.120. The Balaban J connectivity index is 1.75. The molecule has 0 aliphatic rings. The van der Waals surface area contributed by atoms with Gasteiger partial charge in [0, 0.05) is 29.7 Å². The maximum atomic E-state index is 11.7. The molecule has 4 nitrogen and oxygen atoms in total. The number of thiophene rings is 1. The summed E-state index contributed by atoms with van der Waals surface area (Å²) in [6, 6.07) is 5.88. The molecule has 0 aromatic carbocycles. The van der Waals surface area contributed by atoms with Crippen molar-refractivity contribution in [3.8, 4) is 0 Å². The van der Waals surface area contributed by atoms with Crippen LogP contribution in [0.5, 0.6) is 0 Å². The lowest BCUT2D eigenvalue weighted by atomic mass is 10.00. The summed E-state index contributed by atoms with van der Waals surface area (Å²) in [5, 5.41) is 14.0. The molecule has 0 saturated carbocycles. The first-order valence-corrected chi connectivity index (χ1v) is 7.80. The number of nitrogens with one attached hydrogen (secondary N) is 1. The van der Waals surface area contributed by atoms with Crippen LogP contribution in [0.25, 0.3) is 6.08 Å². The van der Waals surface area contributed by atoms with Gasteiger partial charge in [-0.05, 0) is 42.3 Å². The van der Waals surface area contributed by atoms with Crippen LogP contribution in [0.3, 0.4) is 0 Å². The van der Waals surface area contributed by atoms with E-state index >= 15 is 0 Å². The van der Waals surface area contributed by atoms with Crippen LogP contribution in [-0.2, 0) is 4.79 Å². The molecule has 1 atom stereocenters. The molecule has 0 fully saturated rings. The molecule has 0 saturated heterocycles. The molecule has 2 N–H and O–H groups in total. The number of aliphatic hydroxyl groups is 1. The Morgan fingerprint density at radius 1 is 1.43 bits per heavy atom. The van der Waals surface area contributed by atoms with Crippen LogP contribution in [-0.4, -0.2) is 24.2 Å². The number of rotatable bonds is 8. The molecule has 2 heterocycles. The fourth-order valence-corrected chi connectivity index (χ4v) is 2.98. The van der Waals surface area contributed by atoms with Crippen molar-refractivity contribution in [1.29, 1.82) is 0 Å². The molecular weight excluding hydrogens is 286 g/mol. The van der Waals surface area contributed by atoms with E-state index < -0.39 is 0 Å². The summed E-state index contributed by atoms with van der Waals surface area (Å²) in [5.74, 6) is 0.179. The first-order chi connectivity index (χ1) is 10.3. The van der Waals surface area contributed by atoms with E-state index in [1.54, 1.807) is 36.0 Å². The average molecular weight is 305 g/mol. The molecule has 2 aromatic heterocycles. The maximum absolute atomic E-state index is 11.7. The van der Waals surface area contributed by atoms with Gasteiger partial charge in [0.2, 0.25) is 5.91 Å². The Hall–Kier alpha value is -1.85. The van der Waals surface area contributed by atoms with E-state index in [9.17, 15) is 4.79 Å². The molecule has 0 radical (unpaired) electrons. The third-order valence-corrected chi connectivity index (χ3v) is 4.22. The third-order valence-electron chi connectivity index (χ3n) is 3.19. The van der Waals surface area contributed by atoms with Crippen molar-refractivity contribution in [1.82, 2.24) is 5.32 Å². The summed E-state index contributed by atoms with van der Waals surface area (Å²) in [6.45, 7) is 0.758. The highest BCUT2D eigenvalue weighted by molar-refractivity contribution is 7.10. The highest BCUT2D eigenvalue weighted by Gasteiger charge is 2.12. The minimum atomic E-state index is -0.120. The van der Waals surface area contributed by atoms with E-state index in [1.165, 1.54) is 11.0 Å². The molecule has 0 aliphatic carbocycles. The summed E-state index contributed by atoms with van der Waals surface area (Å²) < 4.78 is 4.92. The van der Waals surface area contributed by atoms with Gasteiger partial charge in [0.15, 0.2) is 0 Å². The Labute approximate surface area is 128 Å². The summed E-state index contributed by atoms with van der Waals surface area (Å²) in [7, 11) is 0. The van der Waals surface area contributed by atoms with E-state index in [1.807, 2.05) is 11.4 Å². The van der Waals surface area contributed by atoms with E-state index in [0.29, 0.717) is 12.5 Å². The quantitative estimate of drug-likeness (QED) is 0.737. The number of furan rings is 1. The lowest BCUT2D eigenvalue weighted by Crippen LogP contribution is -2.23. The van der Waals surface area contributed by atoms with E-state index in [0.717, 1.165) is 18.4 Å². The standard InChI is InChI=1S/C16H19NO3S/c18-9-6-14(15-2-1-11-21-15)5-8-17-16(19)4-3-13-7-10-20-12-13/h1-4,7,10-12,14,18H,5-6,8-9H2,(H,17,19). The van der Waals surface area contributed by atoms with Crippen molar-refractivity contribution in [2.75, 3.05) is 13.2 Å². The number of amides is 1. The molecule has 2 aromatic rings. The second-order valence-corrected chi connectivity index (χ2v) is 5.67. The van der Waals surface area contributed by atoms with Crippen LogP contribution in [0.2, 0.25) is 0 Å². The number of carbonyl (C=O) groups is 1. The first-order valence-electron chi connectivity index (χ1n) is 6.92. The lowest BCUT2D eigenvalue weighted by Gasteiger charge is -2.14. The largest absolute Gasteiger partial charge is 0.472 e. The molecule has 0 spiro atoms. The molecule has 2 rings (SSSR count). The molecule has 21 heavy (non-hydrogen) atoms. The van der Waals surface area contributed by atoms with Gasteiger partial charge < -0.3 is 14.8 Å². The van der Waals surface area contributed by atoms with Gasteiger partial charge in [0.1, 0.15) is 0 Å². The van der Waals surface area contributed by atoms with Crippen LogP contribution in [0, 0.1) is 0 Å². The summed E-state index contributed by atoms with van der Waals surface area (Å²) in [4.78, 5) is 12.9. The second kappa shape index (κ2) is 8.44. The van der Waals surface area contributed by atoms with Crippen LogP contribution in [0.4, 0.5) is 0 Å². The van der Waals surface area contributed by atoms with Crippen LogP contribution >= 0.6 is 11.3 Å². The number of hydrogen-bond donors (Lipinski definition) is 2. The average Bonchev–Trinajstić information content (AvgIpc) is 3.17. The zero-order chi connectivity index (χ0) is 14.9. The van der Waals surface area contributed by atoms with Crippen molar-refractivity contribution in [3.05, 3.63) is 52.6 Å². The zero-order valence-corrected chi connectivity index (χ0v) is 12.5. The van der Waals surface area contributed by atoms with E-state index in [-0.39, 0.29) is 12.5 Å². The fraction of sp³-hybridized carbons (Fsp3) is 0.312. The Morgan fingerprint density at radius 2 is 2.33 bits per heavy atom. The van der Waals surface area contributed by atoms with Crippen molar-refractivity contribution < 1.29 is 14.3 Å². The Morgan fingerprint density at radius 3 is 3.00 bits per heavy atom. The second-order valence-electron chi connectivity index (χ2n) is 4.69. The van der Waals surface area contributed by atoms with Gasteiger partial charge in [0.05, 0.1) is 12.5 Å². The molecule has 5 heteroatoms. The molecule has 0 aliphatic heterocycles. The molecular formula is C16H19NO3S. The maximum Gasteiger partial charge on any atom is 0.244 e.